The molecular formula is C22H31ClN4O4. The molecule has 170 valence electrons. The van der Waals surface area contributed by atoms with Crippen LogP contribution in [-0.4, -0.2) is 61.0 Å². The summed E-state index contributed by atoms with van der Waals surface area (Å²) >= 11 is 0. The molecule has 0 aromatic heterocycles. The zero-order chi connectivity index (χ0) is 20.9. The summed E-state index contributed by atoms with van der Waals surface area (Å²) in [4.78, 5) is 38.1. The molecule has 4 rings (SSSR count). The summed E-state index contributed by atoms with van der Waals surface area (Å²) in [6.07, 6.45) is 5.19. The van der Waals surface area contributed by atoms with Crippen molar-refractivity contribution in [3.63, 3.8) is 0 Å². The van der Waals surface area contributed by atoms with Crippen LogP contribution < -0.4 is 16.0 Å². The summed E-state index contributed by atoms with van der Waals surface area (Å²) in [5.74, 6) is -0.791. The Morgan fingerprint density at radius 1 is 1.10 bits per heavy atom. The van der Waals surface area contributed by atoms with Gasteiger partial charge in [-0.05, 0) is 57.3 Å². The average Bonchev–Trinajstić information content (AvgIpc) is 3.08. The number of carbonyl (C=O) groups is 3. The second kappa shape index (κ2) is 10.9. The zero-order valence-corrected chi connectivity index (χ0v) is 18.5. The minimum absolute atomic E-state index is 0. The lowest BCUT2D eigenvalue weighted by atomic mass is 10.0. The number of anilines is 1. The van der Waals surface area contributed by atoms with Gasteiger partial charge in [-0.1, -0.05) is 6.07 Å². The Hall–Kier alpha value is -2.16. The monoisotopic (exact) mass is 450 g/mol. The number of hydrogen-bond acceptors (Lipinski definition) is 6. The normalized spacial score (nSPS) is 21.5. The summed E-state index contributed by atoms with van der Waals surface area (Å²) in [6, 6.07) is 5.07. The van der Waals surface area contributed by atoms with Crippen molar-refractivity contribution in [3.05, 3.63) is 29.3 Å². The van der Waals surface area contributed by atoms with Crippen molar-refractivity contribution in [3.8, 4) is 0 Å². The van der Waals surface area contributed by atoms with Crippen molar-refractivity contribution in [1.29, 1.82) is 0 Å². The molecule has 3 amide bonds. The molecule has 2 saturated heterocycles. The molecule has 31 heavy (non-hydrogen) atoms. The lowest BCUT2D eigenvalue weighted by Gasteiger charge is -2.29. The number of amides is 3. The number of halogens is 1. The summed E-state index contributed by atoms with van der Waals surface area (Å²) in [6.45, 7) is 4.06. The second-order valence-electron chi connectivity index (χ2n) is 8.19. The molecule has 8 nitrogen and oxygen atoms in total. The highest BCUT2D eigenvalue weighted by Gasteiger charge is 2.39. The topological polar surface area (TPSA) is 99.8 Å². The Balaban J connectivity index is 0.00000272. The number of fused-ring (bicyclic) bond motifs is 1. The molecule has 1 aromatic carbocycles. The lowest BCUT2D eigenvalue weighted by molar-refractivity contribution is -0.136. The highest BCUT2D eigenvalue weighted by molar-refractivity contribution is 6.06. The molecule has 2 fully saturated rings. The Labute approximate surface area is 188 Å². The predicted octanol–water partition coefficient (Wildman–Crippen LogP) is 1.83. The summed E-state index contributed by atoms with van der Waals surface area (Å²) in [5, 5.41) is 9.13. The van der Waals surface area contributed by atoms with E-state index in [1.165, 1.54) is 0 Å². The van der Waals surface area contributed by atoms with Crippen molar-refractivity contribution in [2.24, 2.45) is 0 Å². The van der Waals surface area contributed by atoms with Gasteiger partial charge >= 0.3 is 0 Å². The quantitative estimate of drug-likeness (QED) is 0.412. The molecule has 3 aliphatic rings. The van der Waals surface area contributed by atoms with Crippen molar-refractivity contribution in [1.82, 2.24) is 15.5 Å². The van der Waals surface area contributed by atoms with Crippen LogP contribution in [0.2, 0.25) is 0 Å². The van der Waals surface area contributed by atoms with Gasteiger partial charge in [-0.15, -0.1) is 12.4 Å². The molecule has 3 N–H and O–H groups in total. The van der Waals surface area contributed by atoms with Crippen LogP contribution in [0.3, 0.4) is 0 Å². The number of rotatable bonds is 8. The standard InChI is InChI=1S/C22H30N4O4.ClH/c27-20-7-6-19(21(28)25-20)26-14-17-16(22(26)29)4-3-5-18(17)24-10-1-2-13-30-15-8-11-23-12-9-15;/h3-5,15,19,23-24H,1-2,6-14H2,(H,25,27,28);1H. The summed E-state index contributed by atoms with van der Waals surface area (Å²) < 4.78 is 5.94. The van der Waals surface area contributed by atoms with Gasteiger partial charge in [0.1, 0.15) is 6.04 Å². The van der Waals surface area contributed by atoms with Crippen LogP contribution in [-0.2, 0) is 20.9 Å². The van der Waals surface area contributed by atoms with Crippen molar-refractivity contribution < 1.29 is 19.1 Å². The van der Waals surface area contributed by atoms with Crippen LogP contribution in [0, 0.1) is 0 Å². The lowest BCUT2D eigenvalue weighted by Crippen LogP contribution is -2.52. The van der Waals surface area contributed by atoms with E-state index >= 15 is 0 Å². The fraction of sp³-hybridized carbons (Fsp3) is 0.591. The largest absolute Gasteiger partial charge is 0.385 e. The van der Waals surface area contributed by atoms with Crippen LogP contribution in [0.5, 0.6) is 0 Å². The maximum Gasteiger partial charge on any atom is 0.255 e. The van der Waals surface area contributed by atoms with Gasteiger partial charge in [0.15, 0.2) is 0 Å². The molecule has 0 saturated carbocycles. The summed E-state index contributed by atoms with van der Waals surface area (Å²) in [7, 11) is 0. The van der Waals surface area contributed by atoms with Gasteiger partial charge in [0.25, 0.3) is 5.91 Å². The highest BCUT2D eigenvalue weighted by Crippen LogP contribution is 2.32. The van der Waals surface area contributed by atoms with Gasteiger partial charge in [-0.3, -0.25) is 19.7 Å². The van der Waals surface area contributed by atoms with E-state index in [2.05, 4.69) is 16.0 Å². The Kier molecular flexibility index (Phi) is 8.28. The Bertz CT molecular complexity index is 813. The molecule has 1 aromatic rings. The second-order valence-corrected chi connectivity index (χ2v) is 8.19. The van der Waals surface area contributed by atoms with E-state index < -0.39 is 6.04 Å². The van der Waals surface area contributed by atoms with Gasteiger partial charge in [-0.2, -0.15) is 0 Å². The Morgan fingerprint density at radius 2 is 1.90 bits per heavy atom. The van der Waals surface area contributed by atoms with Crippen molar-refractivity contribution in [2.75, 3.05) is 31.6 Å². The van der Waals surface area contributed by atoms with E-state index in [1.807, 2.05) is 18.2 Å². The molecule has 1 unspecified atom stereocenters. The van der Waals surface area contributed by atoms with Crippen LogP contribution in [0.25, 0.3) is 0 Å². The van der Waals surface area contributed by atoms with Gasteiger partial charge in [0, 0.05) is 42.9 Å². The van der Waals surface area contributed by atoms with E-state index in [4.69, 9.17) is 4.74 Å². The smallest absolute Gasteiger partial charge is 0.255 e. The third kappa shape index (κ3) is 5.56. The van der Waals surface area contributed by atoms with Crippen molar-refractivity contribution in [2.45, 2.75) is 57.2 Å². The molecular weight excluding hydrogens is 420 g/mol. The Morgan fingerprint density at radius 3 is 2.68 bits per heavy atom. The van der Waals surface area contributed by atoms with E-state index in [-0.39, 0.29) is 36.5 Å². The number of benzene rings is 1. The van der Waals surface area contributed by atoms with Gasteiger partial charge < -0.3 is 20.3 Å². The van der Waals surface area contributed by atoms with E-state index in [0.717, 1.165) is 63.2 Å². The third-order valence-corrected chi connectivity index (χ3v) is 6.11. The fourth-order valence-corrected chi connectivity index (χ4v) is 4.41. The number of hydrogen-bond donors (Lipinski definition) is 3. The first-order chi connectivity index (χ1) is 14.6. The van der Waals surface area contributed by atoms with E-state index in [0.29, 0.717) is 24.6 Å². The minimum Gasteiger partial charge on any atom is -0.385 e. The first kappa shape index (κ1) is 23.5. The van der Waals surface area contributed by atoms with E-state index in [1.54, 1.807) is 4.90 Å². The summed E-state index contributed by atoms with van der Waals surface area (Å²) in [5.41, 5.74) is 2.51. The zero-order valence-electron chi connectivity index (χ0n) is 17.7. The highest BCUT2D eigenvalue weighted by atomic mass is 35.5. The van der Waals surface area contributed by atoms with Gasteiger partial charge in [0.05, 0.1) is 6.10 Å². The van der Waals surface area contributed by atoms with Gasteiger partial charge in [-0.25, -0.2) is 0 Å². The fourth-order valence-electron chi connectivity index (χ4n) is 4.41. The average molecular weight is 451 g/mol. The number of ether oxygens (including phenoxy) is 1. The maximum absolute atomic E-state index is 12.9. The predicted molar refractivity (Wildman–Crippen MR) is 119 cm³/mol. The number of unbranched alkanes of at least 4 members (excludes halogenated alkanes) is 1. The molecule has 0 spiro atoms. The molecule has 1 atom stereocenters. The molecule has 3 aliphatic heterocycles. The number of imide groups is 1. The van der Waals surface area contributed by atoms with Crippen molar-refractivity contribution >= 4 is 35.8 Å². The third-order valence-electron chi connectivity index (χ3n) is 6.11. The molecule has 3 heterocycles. The first-order valence-corrected chi connectivity index (χ1v) is 11.0. The van der Waals surface area contributed by atoms with Crippen LogP contribution in [0.15, 0.2) is 18.2 Å². The SMILES string of the molecule is Cl.O=C1CCC(N2Cc3c(NCCCCOC4CCNCC4)cccc3C2=O)C(=O)N1. The van der Waals surface area contributed by atoms with E-state index in [9.17, 15) is 14.4 Å². The number of nitrogens with one attached hydrogen (secondary N) is 3. The van der Waals surface area contributed by atoms with Crippen LogP contribution in [0.4, 0.5) is 5.69 Å². The number of piperidine rings is 2. The number of carbonyl (C=O) groups excluding carboxylic acids is 3. The molecule has 0 radical (unpaired) electrons. The maximum atomic E-state index is 12.9. The number of nitrogens with zero attached hydrogens (tertiary/aromatic N) is 1. The minimum atomic E-state index is -0.581. The van der Waals surface area contributed by atoms with Gasteiger partial charge in [0.2, 0.25) is 11.8 Å². The van der Waals surface area contributed by atoms with Crippen LogP contribution in [0.1, 0.15) is 54.4 Å². The molecule has 9 heteroatoms. The molecule has 0 bridgehead atoms. The first-order valence-electron chi connectivity index (χ1n) is 11.0. The molecule has 0 aliphatic carbocycles. The van der Waals surface area contributed by atoms with Crippen LogP contribution >= 0.6 is 12.4 Å².